The van der Waals surface area contributed by atoms with E-state index in [0.29, 0.717) is 6.54 Å². The van der Waals surface area contributed by atoms with Crippen molar-refractivity contribution in [1.82, 2.24) is 10.3 Å². The van der Waals surface area contributed by atoms with Gasteiger partial charge in [-0.15, -0.1) is 0 Å². The van der Waals surface area contributed by atoms with Crippen molar-refractivity contribution in [2.24, 2.45) is 0 Å². The van der Waals surface area contributed by atoms with E-state index in [-0.39, 0.29) is 6.61 Å². The highest BCUT2D eigenvalue weighted by atomic mass is 16.5. The van der Waals surface area contributed by atoms with Gasteiger partial charge in [-0.1, -0.05) is 24.3 Å². The number of aliphatic hydroxyl groups is 1. The van der Waals surface area contributed by atoms with Crippen molar-refractivity contribution in [3.05, 3.63) is 54.4 Å². The molecule has 1 atom stereocenters. The van der Waals surface area contributed by atoms with E-state index in [0.717, 1.165) is 16.7 Å². The van der Waals surface area contributed by atoms with Gasteiger partial charge < -0.3 is 9.84 Å². The normalized spacial score (nSPS) is 11.9. The van der Waals surface area contributed by atoms with E-state index < -0.39 is 12.0 Å². The predicted octanol–water partition coefficient (Wildman–Crippen LogP) is 1.37. The van der Waals surface area contributed by atoms with Crippen molar-refractivity contribution >= 4 is 5.97 Å². The van der Waals surface area contributed by atoms with Crippen LogP contribution < -0.4 is 5.32 Å². The highest BCUT2D eigenvalue weighted by molar-refractivity contribution is 5.75. The fourth-order valence-corrected chi connectivity index (χ4v) is 1.97. The lowest BCUT2D eigenvalue weighted by Crippen LogP contribution is -2.40. The van der Waals surface area contributed by atoms with Crippen LogP contribution in [0, 0.1) is 0 Å². The minimum Gasteiger partial charge on any atom is -0.468 e. The molecule has 5 nitrogen and oxygen atoms in total. The summed E-state index contributed by atoms with van der Waals surface area (Å²) in [6.07, 6.45) is 3.51. The minimum atomic E-state index is -0.699. The molecule has 0 saturated heterocycles. The summed E-state index contributed by atoms with van der Waals surface area (Å²) in [5.41, 5.74) is 3.23. The number of methoxy groups -OCH3 is 1. The number of ether oxygens (including phenoxy) is 1. The number of aliphatic hydroxyl groups excluding tert-OH is 1. The Morgan fingerprint density at radius 1 is 1.19 bits per heavy atom. The second kappa shape index (κ2) is 7.52. The van der Waals surface area contributed by atoms with Crippen LogP contribution >= 0.6 is 0 Å². The van der Waals surface area contributed by atoms with Gasteiger partial charge in [-0.05, 0) is 28.8 Å². The van der Waals surface area contributed by atoms with E-state index in [1.54, 1.807) is 12.4 Å². The van der Waals surface area contributed by atoms with Crippen molar-refractivity contribution in [2.45, 2.75) is 12.6 Å². The number of hydrogen-bond donors (Lipinski definition) is 2. The highest BCUT2D eigenvalue weighted by Crippen LogP contribution is 2.18. The second-order valence-electron chi connectivity index (χ2n) is 4.57. The van der Waals surface area contributed by atoms with Crippen LogP contribution in [0.3, 0.4) is 0 Å². The molecule has 5 heteroatoms. The van der Waals surface area contributed by atoms with Gasteiger partial charge >= 0.3 is 5.97 Å². The topological polar surface area (TPSA) is 71.5 Å². The van der Waals surface area contributed by atoms with Crippen molar-refractivity contribution in [1.29, 1.82) is 0 Å². The van der Waals surface area contributed by atoms with Crippen molar-refractivity contribution < 1.29 is 14.6 Å². The van der Waals surface area contributed by atoms with Gasteiger partial charge in [0.15, 0.2) is 0 Å². The van der Waals surface area contributed by atoms with Crippen molar-refractivity contribution in [3.63, 3.8) is 0 Å². The molecule has 0 aliphatic carbocycles. The zero-order valence-corrected chi connectivity index (χ0v) is 11.8. The fourth-order valence-electron chi connectivity index (χ4n) is 1.97. The number of carbonyl (C=O) groups is 1. The van der Waals surface area contributed by atoms with E-state index in [1.807, 2.05) is 36.4 Å². The average Bonchev–Trinajstić information content (AvgIpc) is 2.56. The minimum absolute atomic E-state index is 0.290. The van der Waals surface area contributed by atoms with Crippen molar-refractivity contribution in [3.8, 4) is 11.1 Å². The Balaban J connectivity index is 1.98. The maximum atomic E-state index is 11.4. The second-order valence-corrected chi connectivity index (χ2v) is 4.57. The molecule has 0 amide bonds. The first kappa shape index (κ1) is 15.2. The number of benzene rings is 1. The maximum Gasteiger partial charge on any atom is 0.325 e. The van der Waals surface area contributed by atoms with Crippen LogP contribution in [-0.4, -0.2) is 35.8 Å². The molecule has 2 rings (SSSR count). The van der Waals surface area contributed by atoms with Crippen LogP contribution in [0.15, 0.2) is 48.8 Å². The van der Waals surface area contributed by atoms with Crippen LogP contribution in [0.2, 0.25) is 0 Å². The van der Waals surface area contributed by atoms with Gasteiger partial charge in [-0.2, -0.15) is 0 Å². The predicted molar refractivity (Wildman–Crippen MR) is 79.4 cm³/mol. The van der Waals surface area contributed by atoms with Gasteiger partial charge in [0.05, 0.1) is 13.7 Å². The molecule has 2 N–H and O–H groups in total. The number of carbonyl (C=O) groups excluding carboxylic acids is 1. The van der Waals surface area contributed by atoms with Gasteiger partial charge in [0.25, 0.3) is 0 Å². The van der Waals surface area contributed by atoms with E-state index >= 15 is 0 Å². The Kier molecular flexibility index (Phi) is 5.43. The molecule has 21 heavy (non-hydrogen) atoms. The quantitative estimate of drug-likeness (QED) is 0.785. The van der Waals surface area contributed by atoms with E-state index in [4.69, 9.17) is 5.11 Å². The molecule has 1 aromatic carbocycles. The van der Waals surface area contributed by atoms with Gasteiger partial charge in [0, 0.05) is 18.9 Å². The van der Waals surface area contributed by atoms with Crippen molar-refractivity contribution in [2.75, 3.05) is 13.7 Å². The number of pyridine rings is 1. The van der Waals surface area contributed by atoms with E-state index in [9.17, 15) is 4.79 Å². The first-order chi connectivity index (χ1) is 10.2. The van der Waals surface area contributed by atoms with E-state index in [2.05, 4.69) is 15.0 Å². The Labute approximate surface area is 123 Å². The molecule has 0 aliphatic heterocycles. The summed E-state index contributed by atoms with van der Waals surface area (Å²) < 4.78 is 4.60. The average molecular weight is 286 g/mol. The summed E-state index contributed by atoms with van der Waals surface area (Å²) in [6, 6.07) is 11.2. The summed E-state index contributed by atoms with van der Waals surface area (Å²) >= 11 is 0. The van der Waals surface area contributed by atoms with Crippen LogP contribution in [-0.2, 0) is 16.1 Å². The van der Waals surface area contributed by atoms with Crippen LogP contribution in [0.25, 0.3) is 11.1 Å². The first-order valence-corrected chi connectivity index (χ1v) is 6.66. The summed E-state index contributed by atoms with van der Waals surface area (Å²) in [5.74, 6) is -0.467. The maximum absolute atomic E-state index is 11.4. The zero-order valence-electron chi connectivity index (χ0n) is 11.8. The molecule has 110 valence electrons. The van der Waals surface area contributed by atoms with E-state index in [1.165, 1.54) is 7.11 Å². The fraction of sp³-hybridized carbons (Fsp3) is 0.250. The molecule has 0 unspecified atom stereocenters. The first-order valence-electron chi connectivity index (χ1n) is 6.66. The smallest absolute Gasteiger partial charge is 0.325 e. The van der Waals surface area contributed by atoms with Gasteiger partial charge in [0.1, 0.15) is 6.04 Å². The molecular weight excluding hydrogens is 268 g/mol. The molecule has 0 spiro atoms. The zero-order chi connectivity index (χ0) is 15.1. The largest absolute Gasteiger partial charge is 0.468 e. The summed E-state index contributed by atoms with van der Waals surface area (Å²) in [5, 5.41) is 12.1. The number of nitrogens with one attached hydrogen (secondary N) is 1. The molecule has 0 aliphatic rings. The Hall–Kier alpha value is -2.24. The number of aromatic nitrogens is 1. The lowest BCUT2D eigenvalue weighted by molar-refractivity contribution is -0.144. The Bertz CT molecular complexity index is 570. The third kappa shape index (κ3) is 4.11. The summed E-state index contributed by atoms with van der Waals surface area (Å²) in [7, 11) is 1.30. The summed E-state index contributed by atoms with van der Waals surface area (Å²) in [4.78, 5) is 15.3. The lowest BCUT2D eigenvalue weighted by atomic mass is 10.1. The highest BCUT2D eigenvalue weighted by Gasteiger charge is 2.16. The van der Waals surface area contributed by atoms with Crippen LogP contribution in [0.5, 0.6) is 0 Å². The van der Waals surface area contributed by atoms with Gasteiger partial charge in [-0.3, -0.25) is 15.1 Å². The third-order valence-electron chi connectivity index (χ3n) is 3.19. The lowest BCUT2D eigenvalue weighted by Gasteiger charge is -2.14. The van der Waals surface area contributed by atoms with Gasteiger partial charge in [-0.25, -0.2) is 0 Å². The third-order valence-corrected chi connectivity index (χ3v) is 3.19. The molecule has 1 aromatic heterocycles. The summed E-state index contributed by atoms with van der Waals surface area (Å²) in [6.45, 7) is 0.193. The van der Waals surface area contributed by atoms with Crippen LogP contribution in [0.4, 0.5) is 0 Å². The molecule has 0 fully saturated rings. The standard InChI is InChI=1S/C16H18N2O3/c1-21-16(20)15(11-19)18-10-12-2-4-13(5-3-12)14-6-8-17-9-7-14/h2-9,15,18-19H,10-11H2,1H3/t15-/m0/s1. The molecule has 0 saturated carbocycles. The molecule has 0 radical (unpaired) electrons. The number of nitrogens with zero attached hydrogens (tertiary/aromatic N) is 1. The van der Waals surface area contributed by atoms with Crippen LogP contribution in [0.1, 0.15) is 5.56 Å². The number of hydrogen-bond acceptors (Lipinski definition) is 5. The monoisotopic (exact) mass is 286 g/mol. The molecular formula is C16H18N2O3. The number of esters is 1. The molecule has 0 bridgehead atoms. The van der Waals surface area contributed by atoms with Gasteiger partial charge in [0.2, 0.25) is 0 Å². The SMILES string of the molecule is COC(=O)[C@H](CO)NCc1ccc(-c2ccncc2)cc1. The molecule has 1 heterocycles. The Morgan fingerprint density at radius 2 is 1.81 bits per heavy atom. The molecule has 2 aromatic rings. The number of rotatable bonds is 6. The Morgan fingerprint density at radius 3 is 2.38 bits per heavy atom.